The summed E-state index contributed by atoms with van der Waals surface area (Å²) >= 11 is 0. The van der Waals surface area contributed by atoms with Gasteiger partial charge >= 0.3 is 0 Å². The number of hydrogen-bond acceptors (Lipinski definition) is 5. The molecule has 2 aromatic carbocycles. The average molecular weight is 612 g/mol. The van der Waals surface area contributed by atoms with Gasteiger partial charge in [-0.15, -0.1) is 0 Å². The molecule has 4 atom stereocenters. The number of carbonyl (C=O) groups is 4. The Labute approximate surface area is 264 Å². The third-order valence-corrected chi connectivity index (χ3v) is 9.62. The summed E-state index contributed by atoms with van der Waals surface area (Å²) in [6, 6.07) is 13.1. The van der Waals surface area contributed by atoms with Crippen molar-refractivity contribution in [2.24, 2.45) is 23.2 Å². The smallest absolute Gasteiger partial charge is 0.246 e. The van der Waals surface area contributed by atoms with Crippen molar-refractivity contribution in [3.05, 3.63) is 65.9 Å². The van der Waals surface area contributed by atoms with Crippen molar-refractivity contribution in [1.82, 2.24) is 15.6 Å². The lowest BCUT2D eigenvalue weighted by Gasteiger charge is -2.49. The second kappa shape index (κ2) is 13.8. The van der Waals surface area contributed by atoms with E-state index in [0.717, 1.165) is 60.3 Å². The fourth-order valence-corrected chi connectivity index (χ4v) is 7.79. The van der Waals surface area contributed by atoms with Crippen LogP contribution in [0.1, 0.15) is 69.9 Å². The van der Waals surface area contributed by atoms with Crippen LogP contribution in [0.15, 0.2) is 54.7 Å². The molecule has 2 fully saturated rings. The molecular weight excluding hydrogens is 566 g/mol. The van der Waals surface area contributed by atoms with Gasteiger partial charge in [-0.3, -0.25) is 19.2 Å². The van der Waals surface area contributed by atoms with Gasteiger partial charge in [0.25, 0.3) is 0 Å². The molecule has 9 nitrogen and oxygen atoms in total. The normalized spacial score (nSPS) is 23.8. The van der Waals surface area contributed by atoms with Crippen molar-refractivity contribution in [1.29, 1.82) is 5.41 Å². The highest BCUT2D eigenvalue weighted by Crippen LogP contribution is 2.53. The fourth-order valence-electron chi connectivity index (χ4n) is 7.79. The highest BCUT2D eigenvalue weighted by molar-refractivity contribution is 6.26. The van der Waals surface area contributed by atoms with Gasteiger partial charge in [-0.25, -0.2) is 0 Å². The molecule has 0 spiro atoms. The molecule has 0 saturated heterocycles. The highest BCUT2D eigenvalue weighted by atomic mass is 16.2. The van der Waals surface area contributed by atoms with Crippen LogP contribution in [-0.4, -0.2) is 46.8 Å². The SMILES string of the molecule is Cc1ccc(NC(=O)[C@H](CCC(=O)C=N)NC(=O)[C@H](Cc2c[nH]c3ccccc23)NC(=O)C23CC(C)CC(CC(C)C2)C3)cc1. The van der Waals surface area contributed by atoms with E-state index in [4.69, 9.17) is 5.41 Å². The van der Waals surface area contributed by atoms with Crippen LogP contribution in [0.4, 0.5) is 5.69 Å². The topological polar surface area (TPSA) is 144 Å². The highest BCUT2D eigenvalue weighted by Gasteiger charge is 2.49. The van der Waals surface area contributed by atoms with Gasteiger partial charge in [0.1, 0.15) is 12.1 Å². The van der Waals surface area contributed by atoms with Gasteiger partial charge < -0.3 is 26.3 Å². The molecule has 5 rings (SSSR count). The number of ketones is 1. The number of rotatable bonds is 12. The Bertz CT molecular complexity index is 1540. The molecule has 0 aliphatic heterocycles. The van der Waals surface area contributed by atoms with Crippen LogP contribution in [0.2, 0.25) is 0 Å². The zero-order valence-electron chi connectivity index (χ0n) is 26.5. The summed E-state index contributed by atoms with van der Waals surface area (Å²) in [6.45, 7) is 6.38. The number of amides is 3. The van der Waals surface area contributed by atoms with Crippen molar-refractivity contribution < 1.29 is 19.2 Å². The molecule has 1 aromatic heterocycles. The third kappa shape index (κ3) is 7.70. The van der Waals surface area contributed by atoms with Crippen LogP contribution in [0.25, 0.3) is 10.9 Å². The molecule has 2 bridgehead atoms. The Morgan fingerprint density at radius 2 is 1.62 bits per heavy atom. The Kier molecular flexibility index (Phi) is 9.85. The van der Waals surface area contributed by atoms with E-state index in [1.165, 1.54) is 0 Å². The monoisotopic (exact) mass is 611 g/mol. The first-order chi connectivity index (χ1) is 21.5. The lowest BCUT2D eigenvalue weighted by Crippen LogP contribution is -2.57. The van der Waals surface area contributed by atoms with Crippen molar-refractivity contribution in [2.75, 3.05) is 5.32 Å². The number of fused-ring (bicyclic) bond motifs is 3. The number of aromatic nitrogens is 1. The summed E-state index contributed by atoms with van der Waals surface area (Å²) in [6.07, 6.45) is 7.46. The number of nitrogens with one attached hydrogen (secondary N) is 5. The van der Waals surface area contributed by atoms with Crippen molar-refractivity contribution in [2.45, 2.75) is 84.2 Å². The molecule has 5 N–H and O–H groups in total. The first-order valence-electron chi connectivity index (χ1n) is 16.1. The van der Waals surface area contributed by atoms with E-state index >= 15 is 0 Å². The number of aryl methyl sites for hydroxylation is 1. The van der Waals surface area contributed by atoms with Gasteiger partial charge in [0.05, 0.1) is 6.21 Å². The quantitative estimate of drug-likeness (QED) is 0.173. The number of H-pyrrole nitrogens is 1. The van der Waals surface area contributed by atoms with Gasteiger partial charge in [0.15, 0.2) is 5.78 Å². The molecule has 9 heteroatoms. The number of para-hydroxylation sites is 1. The maximum atomic E-state index is 14.2. The second-order valence-corrected chi connectivity index (χ2v) is 13.6. The summed E-state index contributed by atoms with van der Waals surface area (Å²) in [7, 11) is 0. The minimum absolute atomic E-state index is 0.0199. The van der Waals surface area contributed by atoms with Gasteiger partial charge in [0.2, 0.25) is 17.7 Å². The van der Waals surface area contributed by atoms with Crippen LogP contribution in [0.5, 0.6) is 0 Å². The van der Waals surface area contributed by atoms with Gasteiger partial charge in [-0.05, 0) is 87.0 Å². The van der Waals surface area contributed by atoms with Crippen molar-refractivity contribution >= 4 is 46.3 Å². The summed E-state index contributed by atoms with van der Waals surface area (Å²) in [5, 5.41) is 17.1. The standard InChI is InChI=1S/C36H45N5O4/c1-22-8-10-27(11-9-22)39-33(43)31(13-12-28(42)20-37)40-34(44)32(16-26-21-38-30-7-5-4-6-29(26)30)41-35(45)36-17-23(2)14-25(19-36)15-24(3)18-36/h4-11,20-21,23-25,31-32,37-38H,12-19H2,1-3H3,(H,39,43)(H,40,44)(H,41,45)/t23?,24?,25?,31-,32-,36?/m0/s1. The van der Waals surface area contributed by atoms with E-state index in [-0.39, 0.29) is 25.2 Å². The van der Waals surface area contributed by atoms with Crippen LogP contribution in [0, 0.1) is 35.5 Å². The lowest BCUT2D eigenvalue weighted by molar-refractivity contribution is -0.142. The maximum absolute atomic E-state index is 14.2. The molecule has 3 aromatic rings. The fraction of sp³-hybridized carbons (Fsp3) is 0.472. The van der Waals surface area contributed by atoms with E-state index in [0.29, 0.717) is 23.4 Å². The zero-order chi connectivity index (χ0) is 32.1. The number of anilines is 1. The molecular formula is C36H45N5O4. The third-order valence-electron chi connectivity index (χ3n) is 9.62. The predicted octanol–water partition coefficient (Wildman–Crippen LogP) is 5.48. The zero-order valence-corrected chi connectivity index (χ0v) is 26.5. The molecule has 45 heavy (non-hydrogen) atoms. The van der Waals surface area contributed by atoms with Gasteiger partial charge in [-0.1, -0.05) is 49.7 Å². The summed E-state index contributed by atoms with van der Waals surface area (Å²) < 4.78 is 0. The molecule has 2 unspecified atom stereocenters. The molecule has 0 radical (unpaired) electrons. The van der Waals surface area contributed by atoms with Gasteiger partial charge in [-0.2, -0.15) is 0 Å². The molecule has 238 valence electrons. The molecule has 2 aliphatic carbocycles. The van der Waals surface area contributed by atoms with E-state index < -0.39 is 35.1 Å². The first kappa shape index (κ1) is 32.1. The van der Waals surface area contributed by atoms with E-state index in [2.05, 4.69) is 34.8 Å². The Morgan fingerprint density at radius 3 is 2.31 bits per heavy atom. The van der Waals surface area contributed by atoms with E-state index in [1.54, 1.807) is 12.1 Å². The maximum Gasteiger partial charge on any atom is 0.246 e. The number of hydrogen-bond donors (Lipinski definition) is 5. The minimum atomic E-state index is -1.04. The van der Waals surface area contributed by atoms with E-state index in [9.17, 15) is 19.2 Å². The number of carbonyl (C=O) groups excluding carboxylic acids is 4. The van der Waals surface area contributed by atoms with Gasteiger partial charge in [0, 0.05) is 41.0 Å². The summed E-state index contributed by atoms with van der Waals surface area (Å²) in [5.41, 5.74) is 2.91. The molecule has 2 saturated carbocycles. The summed E-state index contributed by atoms with van der Waals surface area (Å²) in [4.78, 5) is 57.0. The second-order valence-electron chi connectivity index (χ2n) is 13.6. The van der Waals surface area contributed by atoms with Crippen LogP contribution < -0.4 is 16.0 Å². The molecule has 1 heterocycles. The average Bonchev–Trinajstić information content (AvgIpc) is 3.41. The van der Waals surface area contributed by atoms with Crippen LogP contribution in [-0.2, 0) is 25.6 Å². The van der Waals surface area contributed by atoms with E-state index in [1.807, 2.05) is 49.5 Å². The number of benzene rings is 2. The molecule has 2 aliphatic rings. The summed E-state index contributed by atoms with van der Waals surface area (Å²) in [5.74, 6) is -0.108. The molecule has 3 amide bonds. The predicted molar refractivity (Wildman–Crippen MR) is 176 cm³/mol. The number of aromatic amines is 1. The Hall–Kier alpha value is -4.27. The lowest BCUT2D eigenvalue weighted by atomic mass is 9.56. The number of Topliss-reactive ketones (excluding diaryl/α,β-unsaturated/α-hetero) is 1. The van der Waals surface area contributed by atoms with Crippen LogP contribution >= 0.6 is 0 Å². The Balaban J connectivity index is 1.40. The minimum Gasteiger partial charge on any atom is -0.361 e. The van der Waals surface area contributed by atoms with Crippen molar-refractivity contribution in [3.8, 4) is 0 Å². The largest absolute Gasteiger partial charge is 0.361 e. The van der Waals surface area contributed by atoms with Crippen LogP contribution in [0.3, 0.4) is 0 Å². The Morgan fingerprint density at radius 1 is 0.933 bits per heavy atom. The van der Waals surface area contributed by atoms with Crippen molar-refractivity contribution in [3.63, 3.8) is 0 Å². The first-order valence-corrected chi connectivity index (χ1v) is 16.1.